The van der Waals surface area contributed by atoms with Crippen LogP contribution in [0.5, 0.6) is 0 Å². The molecule has 0 aliphatic heterocycles. The lowest BCUT2D eigenvalue weighted by molar-refractivity contribution is -0.133. The Balaban J connectivity index is 2.04. The third kappa shape index (κ3) is 3.36. The monoisotopic (exact) mass is 350 g/mol. The van der Waals surface area contributed by atoms with Crippen LogP contribution in [0.4, 0.5) is 11.6 Å². The average Bonchev–Trinajstić information content (AvgIpc) is 2.61. The van der Waals surface area contributed by atoms with Gasteiger partial charge in [0.2, 0.25) is 0 Å². The minimum absolute atomic E-state index is 0.270. The number of nitrogens with two attached hydrogens (primary N) is 1. The quantitative estimate of drug-likeness (QED) is 0.751. The van der Waals surface area contributed by atoms with Gasteiger partial charge >= 0.3 is 0 Å². The van der Waals surface area contributed by atoms with Crippen molar-refractivity contribution in [2.45, 2.75) is 26.4 Å². The Morgan fingerprint density at radius 3 is 2.65 bits per heavy atom. The van der Waals surface area contributed by atoms with Crippen molar-refractivity contribution in [1.29, 1.82) is 0 Å². The average molecular weight is 350 g/mol. The van der Waals surface area contributed by atoms with Gasteiger partial charge in [-0.2, -0.15) is 0 Å². The molecular weight excluding hydrogens is 328 g/mol. The highest BCUT2D eigenvalue weighted by atomic mass is 16.5. The molecule has 3 rings (SSSR count). The van der Waals surface area contributed by atoms with Gasteiger partial charge in [0.1, 0.15) is 17.2 Å². The molecule has 1 amide bonds. The first kappa shape index (κ1) is 17.8. The van der Waals surface area contributed by atoms with E-state index in [0.29, 0.717) is 11.6 Å². The number of ether oxygens (including phenoxy) is 1. The molecule has 0 spiro atoms. The number of aryl methyl sites for hydroxylation is 1. The van der Waals surface area contributed by atoms with Gasteiger partial charge in [-0.3, -0.25) is 4.79 Å². The molecule has 26 heavy (non-hydrogen) atoms. The molecule has 0 atom stereocenters. The number of carbonyl (C=O) groups excluding carboxylic acids is 1. The molecule has 3 N–H and O–H groups in total. The molecule has 0 bridgehead atoms. The summed E-state index contributed by atoms with van der Waals surface area (Å²) in [5.41, 5.74) is 8.10. The Kier molecular flexibility index (Phi) is 4.61. The zero-order chi connectivity index (χ0) is 18.9. The highest BCUT2D eigenvalue weighted by Crippen LogP contribution is 2.29. The number of nitrogens with zero attached hydrogens (tertiary/aromatic N) is 2. The maximum absolute atomic E-state index is 12.3. The third-order valence-corrected chi connectivity index (χ3v) is 4.46. The van der Waals surface area contributed by atoms with E-state index in [1.165, 1.54) is 7.11 Å². The fraction of sp³-hybridized carbons (Fsp3) is 0.250. The van der Waals surface area contributed by atoms with Crippen molar-refractivity contribution < 1.29 is 9.53 Å². The SMILES string of the molecule is COC(C)(C)C(=O)Nc1cc2cc(-c3ccccc3C)nc(N)c2cn1. The zero-order valence-electron chi connectivity index (χ0n) is 15.3. The molecule has 0 fully saturated rings. The summed E-state index contributed by atoms with van der Waals surface area (Å²) in [6, 6.07) is 11.7. The van der Waals surface area contributed by atoms with Gasteiger partial charge in [-0.05, 0) is 43.9 Å². The first-order chi connectivity index (χ1) is 12.3. The van der Waals surface area contributed by atoms with Crippen molar-refractivity contribution in [2.75, 3.05) is 18.2 Å². The van der Waals surface area contributed by atoms with Gasteiger partial charge in [-0.15, -0.1) is 0 Å². The summed E-state index contributed by atoms with van der Waals surface area (Å²) in [5.74, 6) is 0.574. The second kappa shape index (κ2) is 6.72. The highest BCUT2D eigenvalue weighted by Gasteiger charge is 2.27. The number of pyridine rings is 2. The number of hydrogen-bond donors (Lipinski definition) is 2. The number of nitrogens with one attached hydrogen (secondary N) is 1. The number of benzene rings is 1. The van der Waals surface area contributed by atoms with E-state index in [9.17, 15) is 4.79 Å². The molecule has 134 valence electrons. The van der Waals surface area contributed by atoms with Gasteiger partial charge in [-0.25, -0.2) is 9.97 Å². The van der Waals surface area contributed by atoms with Gasteiger partial charge in [0.05, 0.1) is 5.69 Å². The lowest BCUT2D eigenvalue weighted by Crippen LogP contribution is -2.39. The van der Waals surface area contributed by atoms with Crippen molar-refractivity contribution in [3.63, 3.8) is 0 Å². The van der Waals surface area contributed by atoms with E-state index in [1.54, 1.807) is 26.1 Å². The van der Waals surface area contributed by atoms with Crippen LogP contribution in [-0.2, 0) is 9.53 Å². The maximum Gasteiger partial charge on any atom is 0.257 e. The number of nitrogen functional groups attached to an aromatic ring is 1. The number of carbonyl (C=O) groups is 1. The normalized spacial score (nSPS) is 11.5. The van der Waals surface area contributed by atoms with Crippen LogP contribution in [0, 0.1) is 6.92 Å². The van der Waals surface area contributed by atoms with Crippen molar-refractivity contribution in [2.24, 2.45) is 0 Å². The number of amides is 1. The number of hydrogen-bond acceptors (Lipinski definition) is 5. The molecule has 3 aromatic rings. The molecular formula is C20H22N4O2. The number of aromatic nitrogens is 2. The molecule has 0 saturated heterocycles. The van der Waals surface area contributed by atoms with Crippen LogP contribution in [0.1, 0.15) is 19.4 Å². The molecule has 2 heterocycles. The Morgan fingerprint density at radius 2 is 1.96 bits per heavy atom. The summed E-state index contributed by atoms with van der Waals surface area (Å²) in [6.07, 6.45) is 1.62. The minimum Gasteiger partial charge on any atom is -0.383 e. The molecule has 0 aliphatic rings. The number of anilines is 2. The fourth-order valence-corrected chi connectivity index (χ4v) is 2.60. The van der Waals surface area contributed by atoms with Crippen molar-refractivity contribution in [3.05, 3.63) is 48.2 Å². The predicted molar refractivity (Wildman–Crippen MR) is 104 cm³/mol. The van der Waals surface area contributed by atoms with E-state index in [1.807, 2.05) is 37.3 Å². The summed E-state index contributed by atoms with van der Waals surface area (Å²) in [5, 5.41) is 4.38. The van der Waals surface area contributed by atoms with Gasteiger partial charge < -0.3 is 15.8 Å². The summed E-state index contributed by atoms with van der Waals surface area (Å²) in [4.78, 5) is 21.1. The molecule has 1 aromatic carbocycles. The molecule has 2 aromatic heterocycles. The Morgan fingerprint density at radius 1 is 1.23 bits per heavy atom. The van der Waals surface area contributed by atoms with Crippen LogP contribution >= 0.6 is 0 Å². The van der Waals surface area contributed by atoms with Crippen LogP contribution in [0.25, 0.3) is 22.0 Å². The van der Waals surface area contributed by atoms with Crippen LogP contribution in [-0.4, -0.2) is 28.6 Å². The Hall–Kier alpha value is -2.99. The number of methoxy groups -OCH3 is 1. The van der Waals surface area contributed by atoms with Crippen molar-refractivity contribution in [1.82, 2.24) is 9.97 Å². The molecule has 6 heteroatoms. The topological polar surface area (TPSA) is 90.1 Å². The smallest absolute Gasteiger partial charge is 0.257 e. The second-order valence-electron chi connectivity index (χ2n) is 6.67. The molecule has 0 unspecified atom stereocenters. The van der Waals surface area contributed by atoms with Crippen LogP contribution in [0.2, 0.25) is 0 Å². The number of fused-ring (bicyclic) bond motifs is 1. The van der Waals surface area contributed by atoms with Crippen molar-refractivity contribution in [3.8, 4) is 11.3 Å². The van der Waals surface area contributed by atoms with E-state index in [2.05, 4.69) is 15.3 Å². The standard InChI is InChI=1S/C20H22N4O2/c1-12-7-5-6-8-14(12)16-9-13-10-17(22-11-15(13)18(21)23-16)24-19(25)20(2,3)26-4/h5-11H,1-4H3,(H2,21,23)(H,22,24,25). The Labute approximate surface area is 152 Å². The van der Waals surface area contributed by atoms with Crippen LogP contribution in [0.3, 0.4) is 0 Å². The van der Waals surface area contributed by atoms with Gasteiger partial charge in [0.15, 0.2) is 0 Å². The summed E-state index contributed by atoms with van der Waals surface area (Å²) >= 11 is 0. The van der Waals surface area contributed by atoms with Crippen molar-refractivity contribution >= 4 is 28.3 Å². The predicted octanol–water partition coefficient (Wildman–Crippen LogP) is 3.55. The molecule has 0 aliphatic carbocycles. The van der Waals surface area contributed by atoms with E-state index in [0.717, 1.165) is 27.6 Å². The largest absolute Gasteiger partial charge is 0.383 e. The summed E-state index contributed by atoms with van der Waals surface area (Å²) in [6.45, 7) is 5.42. The van der Waals surface area contributed by atoms with E-state index in [4.69, 9.17) is 10.5 Å². The minimum atomic E-state index is -0.944. The third-order valence-electron chi connectivity index (χ3n) is 4.46. The fourth-order valence-electron chi connectivity index (χ4n) is 2.60. The lowest BCUT2D eigenvalue weighted by Gasteiger charge is -2.21. The van der Waals surface area contributed by atoms with E-state index < -0.39 is 5.60 Å². The first-order valence-corrected chi connectivity index (χ1v) is 8.30. The zero-order valence-corrected chi connectivity index (χ0v) is 15.3. The number of rotatable bonds is 4. The van der Waals surface area contributed by atoms with Gasteiger partial charge in [0.25, 0.3) is 5.91 Å². The van der Waals surface area contributed by atoms with E-state index >= 15 is 0 Å². The second-order valence-corrected chi connectivity index (χ2v) is 6.67. The maximum atomic E-state index is 12.3. The molecule has 0 saturated carbocycles. The highest BCUT2D eigenvalue weighted by molar-refractivity contribution is 5.99. The van der Waals surface area contributed by atoms with Gasteiger partial charge in [0, 0.05) is 24.3 Å². The van der Waals surface area contributed by atoms with Crippen LogP contribution < -0.4 is 11.1 Å². The first-order valence-electron chi connectivity index (χ1n) is 8.30. The molecule has 6 nitrogen and oxygen atoms in total. The van der Waals surface area contributed by atoms with Crippen LogP contribution in [0.15, 0.2) is 42.6 Å². The summed E-state index contributed by atoms with van der Waals surface area (Å²) < 4.78 is 5.20. The van der Waals surface area contributed by atoms with Gasteiger partial charge in [-0.1, -0.05) is 24.3 Å². The lowest BCUT2D eigenvalue weighted by atomic mass is 10.0. The molecule has 0 radical (unpaired) electrons. The summed E-state index contributed by atoms with van der Waals surface area (Å²) in [7, 11) is 1.49. The Bertz CT molecular complexity index is 983. The van der Waals surface area contributed by atoms with E-state index in [-0.39, 0.29) is 5.91 Å².